The van der Waals surface area contributed by atoms with E-state index in [-0.39, 0.29) is 0 Å². The normalized spacial score (nSPS) is 30.5. The fourth-order valence-electron chi connectivity index (χ4n) is 2.66. The zero-order valence-electron chi connectivity index (χ0n) is 16.7. The van der Waals surface area contributed by atoms with Crippen molar-refractivity contribution in [1.82, 2.24) is 0 Å². The molecular formula is C9H19O18P6+5. The van der Waals surface area contributed by atoms with Crippen molar-refractivity contribution < 1.29 is 83.2 Å². The molecule has 0 aromatic carbocycles. The Kier molecular flexibility index (Phi) is 13.4. The van der Waals surface area contributed by atoms with Crippen LogP contribution in [0.5, 0.6) is 0 Å². The third-order valence-corrected chi connectivity index (χ3v) is 6.94. The molecule has 9 atom stereocenters. The summed E-state index contributed by atoms with van der Waals surface area (Å²) in [4.78, 5) is 37.2. The molecule has 33 heavy (non-hydrogen) atoms. The maximum atomic E-state index is 11.9. The van der Waals surface area contributed by atoms with E-state index < -0.39 is 85.5 Å². The van der Waals surface area contributed by atoms with Crippen LogP contribution >= 0.6 is 48.9 Å². The number of phosphoric acid groups is 1. The standard InChI is InChI=1S/C9H15O18P6/c1-20-31(15)25-7-5(23-29(11)12)4(22-28(3)10)6(24-30(13)14)8(26-32(16)21-2)9(7)27-33(17,18)19/h4-9H,1-3H3/q+1/p+4. The van der Waals surface area contributed by atoms with Crippen molar-refractivity contribution in [2.24, 2.45) is 0 Å². The number of hydrogen-bond donors (Lipinski definition) is 4. The van der Waals surface area contributed by atoms with Crippen molar-refractivity contribution in [3.05, 3.63) is 0 Å². The van der Waals surface area contributed by atoms with Crippen LogP contribution in [-0.4, -0.2) is 77.1 Å². The Bertz CT molecular complexity index is 767. The van der Waals surface area contributed by atoms with E-state index in [1.807, 2.05) is 0 Å². The second-order valence-electron chi connectivity index (χ2n) is 5.64. The van der Waals surface area contributed by atoms with Gasteiger partial charge in [0, 0.05) is 18.3 Å². The predicted octanol–water partition coefficient (Wildman–Crippen LogP) is 1.68. The van der Waals surface area contributed by atoms with Crippen molar-refractivity contribution in [3.63, 3.8) is 0 Å². The van der Waals surface area contributed by atoms with Gasteiger partial charge in [0.2, 0.25) is 0 Å². The molecule has 0 heterocycles. The molecule has 0 saturated heterocycles. The zero-order chi connectivity index (χ0) is 25.5. The molecule has 18 nitrogen and oxygen atoms in total. The summed E-state index contributed by atoms with van der Waals surface area (Å²) in [5.74, 6) is 0. The molecule has 0 aliphatic heterocycles. The van der Waals surface area contributed by atoms with Crippen molar-refractivity contribution >= 4 is 48.9 Å². The van der Waals surface area contributed by atoms with Crippen LogP contribution in [0.25, 0.3) is 0 Å². The van der Waals surface area contributed by atoms with E-state index in [1.165, 1.54) is 0 Å². The molecule has 24 heteroatoms. The topological polar surface area (TPSA) is 257 Å². The van der Waals surface area contributed by atoms with E-state index >= 15 is 0 Å². The summed E-state index contributed by atoms with van der Waals surface area (Å²) in [7, 11) is -19.7. The third-order valence-electron chi connectivity index (χ3n) is 3.61. The van der Waals surface area contributed by atoms with Gasteiger partial charge in [0.15, 0.2) is 37.2 Å². The van der Waals surface area contributed by atoms with Crippen molar-refractivity contribution in [2.45, 2.75) is 36.6 Å². The summed E-state index contributed by atoms with van der Waals surface area (Å²) < 4.78 is 108. The van der Waals surface area contributed by atoms with E-state index in [0.717, 1.165) is 20.9 Å². The van der Waals surface area contributed by atoms with Crippen LogP contribution in [0.1, 0.15) is 0 Å². The lowest BCUT2D eigenvalue weighted by atomic mass is 9.85. The lowest BCUT2D eigenvalue weighted by Crippen LogP contribution is -2.65. The lowest BCUT2D eigenvalue weighted by molar-refractivity contribution is -0.187. The van der Waals surface area contributed by atoms with Gasteiger partial charge >= 0.3 is 48.9 Å². The largest absolute Gasteiger partial charge is 0.697 e. The third kappa shape index (κ3) is 10.4. The fourth-order valence-corrected chi connectivity index (χ4v) is 5.75. The maximum Gasteiger partial charge on any atom is 0.697 e. The first-order valence-corrected chi connectivity index (χ1v) is 15.6. The van der Waals surface area contributed by atoms with Gasteiger partial charge in [-0.2, -0.15) is 0 Å². The first kappa shape index (κ1) is 31.3. The molecule has 1 saturated carbocycles. The van der Waals surface area contributed by atoms with Gasteiger partial charge in [-0.3, -0.25) is 4.52 Å². The average Bonchev–Trinajstić information content (AvgIpc) is 2.67. The number of hydrogen-bond acceptors (Lipinski definition) is 14. The average molecular weight is 601 g/mol. The molecular weight excluding hydrogens is 582 g/mol. The second kappa shape index (κ2) is 14.1. The van der Waals surface area contributed by atoms with Gasteiger partial charge in [0.05, 0.1) is 14.2 Å². The van der Waals surface area contributed by atoms with Gasteiger partial charge in [-0.25, -0.2) is 4.57 Å². The Morgan fingerprint density at radius 1 is 0.636 bits per heavy atom. The van der Waals surface area contributed by atoms with E-state index in [2.05, 4.69) is 13.6 Å². The van der Waals surface area contributed by atoms with Crippen LogP contribution in [-0.2, 0) is 63.6 Å². The molecule has 4 N–H and O–H groups in total. The zero-order valence-corrected chi connectivity index (χ0v) is 22.0. The highest BCUT2D eigenvalue weighted by Crippen LogP contribution is 2.50. The van der Waals surface area contributed by atoms with Gasteiger partial charge in [0.25, 0.3) is 0 Å². The molecule has 9 unspecified atom stereocenters. The molecule has 188 valence electrons. The summed E-state index contributed by atoms with van der Waals surface area (Å²) in [5.41, 5.74) is 0. The Labute approximate surface area is 190 Å². The second-order valence-corrected chi connectivity index (χ2v) is 11.3. The highest BCUT2D eigenvalue weighted by atomic mass is 31.2. The van der Waals surface area contributed by atoms with Gasteiger partial charge in [0.1, 0.15) is 6.10 Å². The number of rotatable bonds is 14. The molecule has 0 aromatic rings. The Morgan fingerprint density at radius 3 is 1.24 bits per heavy atom. The Morgan fingerprint density at radius 2 is 0.970 bits per heavy atom. The van der Waals surface area contributed by atoms with E-state index in [9.17, 15) is 47.0 Å². The quantitative estimate of drug-likeness (QED) is 0.206. The summed E-state index contributed by atoms with van der Waals surface area (Å²) >= 11 is 0. The molecule has 1 fully saturated rings. The summed E-state index contributed by atoms with van der Waals surface area (Å²) in [6.45, 7) is 0.997. The predicted molar refractivity (Wildman–Crippen MR) is 104 cm³/mol. The van der Waals surface area contributed by atoms with E-state index in [1.54, 1.807) is 0 Å². The van der Waals surface area contributed by atoms with Crippen LogP contribution in [0.4, 0.5) is 0 Å². The molecule has 0 radical (unpaired) electrons. The van der Waals surface area contributed by atoms with Gasteiger partial charge in [-0.15, -0.1) is 41.5 Å². The van der Waals surface area contributed by atoms with Gasteiger partial charge in [-0.05, 0) is 4.57 Å². The molecule has 1 aliphatic rings. The van der Waals surface area contributed by atoms with Crippen molar-refractivity contribution in [2.75, 3.05) is 20.9 Å². The first-order valence-electron chi connectivity index (χ1n) is 8.03. The van der Waals surface area contributed by atoms with Crippen molar-refractivity contribution in [1.29, 1.82) is 0 Å². The Balaban J connectivity index is 3.77. The summed E-state index contributed by atoms with van der Waals surface area (Å²) in [6, 6.07) is 0. The van der Waals surface area contributed by atoms with Crippen LogP contribution < -0.4 is 0 Å². The minimum absolute atomic E-state index is 0.901. The van der Waals surface area contributed by atoms with Crippen LogP contribution in [0.3, 0.4) is 0 Å². The van der Waals surface area contributed by atoms with Crippen molar-refractivity contribution in [3.8, 4) is 0 Å². The fraction of sp³-hybridized carbons (Fsp3) is 1.00. The summed E-state index contributed by atoms with van der Waals surface area (Å²) in [6.07, 6.45) is -12.5. The molecule has 0 aromatic heterocycles. The molecule has 0 amide bonds. The highest BCUT2D eigenvalue weighted by Gasteiger charge is 2.67. The monoisotopic (exact) mass is 601 g/mol. The minimum Gasteiger partial charge on any atom is -0.303 e. The van der Waals surface area contributed by atoms with Crippen LogP contribution in [0.2, 0.25) is 0 Å². The van der Waals surface area contributed by atoms with Gasteiger partial charge in [-0.1, -0.05) is 0 Å². The lowest BCUT2D eigenvalue weighted by Gasteiger charge is -2.39. The molecule has 1 aliphatic carbocycles. The minimum atomic E-state index is -5.49. The first-order chi connectivity index (χ1) is 15.2. The molecule has 1 rings (SSSR count). The van der Waals surface area contributed by atoms with E-state index in [0.29, 0.717) is 0 Å². The molecule has 0 spiro atoms. The summed E-state index contributed by atoms with van der Waals surface area (Å²) in [5, 5.41) is 0. The Hall–Kier alpha value is 0.250. The smallest absolute Gasteiger partial charge is 0.303 e. The molecule has 0 bridgehead atoms. The van der Waals surface area contributed by atoms with Crippen LogP contribution in [0.15, 0.2) is 0 Å². The van der Waals surface area contributed by atoms with E-state index in [4.69, 9.17) is 22.6 Å². The van der Waals surface area contributed by atoms with Gasteiger partial charge < -0.3 is 9.79 Å². The maximum absolute atomic E-state index is 11.9. The number of phosphoric ester groups is 1. The SMILES string of the molecule is CO[P+](=O)OC1C(O[P+](=O)O)C(O[P+](C)=O)C(O[P+](=O)O)C(O[P+](=O)OC)C1OP(=O)(O)O. The highest BCUT2D eigenvalue weighted by molar-refractivity contribution is 7.46. The van der Waals surface area contributed by atoms with Crippen LogP contribution in [0, 0.1) is 0 Å².